The molecular formula is C25H27NO7. The molecule has 0 aliphatic carbocycles. The summed E-state index contributed by atoms with van der Waals surface area (Å²) in [7, 11) is 2.96. The van der Waals surface area contributed by atoms with Gasteiger partial charge in [0.2, 0.25) is 0 Å². The summed E-state index contributed by atoms with van der Waals surface area (Å²) in [4.78, 5) is 27.3. The summed E-state index contributed by atoms with van der Waals surface area (Å²) in [5, 5.41) is 21.1. The van der Waals surface area contributed by atoms with Gasteiger partial charge in [0, 0.05) is 25.8 Å². The van der Waals surface area contributed by atoms with Crippen LogP contribution in [0.2, 0.25) is 0 Å². The zero-order valence-corrected chi connectivity index (χ0v) is 18.6. The maximum absolute atomic E-state index is 13.0. The number of phenolic OH excluding ortho intramolecular Hbond substituents is 1. The minimum atomic E-state index is -0.854. The topological polar surface area (TPSA) is 106 Å². The highest BCUT2D eigenvalue weighted by Gasteiger charge is 2.46. The highest BCUT2D eigenvalue weighted by atomic mass is 16.5. The van der Waals surface area contributed by atoms with Gasteiger partial charge in [-0.2, -0.15) is 0 Å². The second-order valence-corrected chi connectivity index (χ2v) is 7.39. The largest absolute Gasteiger partial charge is 0.507 e. The second-order valence-electron chi connectivity index (χ2n) is 7.39. The number of nitrogens with zero attached hydrogens (tertiary/aromatic N) is 1. The number of benzene rings is 2. The lowest BCUT2D eigenvalue weighted by molar-refractivity contribution is -0.140. The maximum Gasteiger partial charge on any atom is 0.295 e. The fraction of sp³-hybridized carbons (Fsp3) is 0.280. The van der Waals surface area contributed by atoms with Crippen LogP contribution in [0.25, 0.3) is 5.76 Å². The average Bonchev–Trinajstić information content (AvgIpc) is 3.08. The van der Waals surface area contributed by atoms with Crippen molar-refractivity contribution in [2.45, 2.75) is 12.5 Å². The number of likely N-dealkylation sites (tertiary alicyclic amines) is 1. The van der Waals surface area contributed by atoms with Crippen LogP contribution in [0, 0.1) is 0 Å². The van der Waals surface area contributed by atoms with E-state index >= 15 is 0 Å². The van der Waals surface area contributed by atoms with Crippen LogP contribution in [0.5, 0.6) is 17.2 Å². The van der Waals surface area contributed by atoms with Crippen LogP contribution in [0.15, 0.2) is 60.7 Å². The van der Waals surface area contributed by atoms with Crippen LogP contribution in [0.3, 0.4) is 0 Å². The van der Waals surface area contributed by atoms with Crippen LogP contribution in [-0.4, -0.2) is 60.8 Å². The first-order valence-electron chi connectivity index (χ1n) is 10.4. The van der Waals surface area contributed by atoms with E-state index in [2.05, 4.69) is 6.58 Å². The fourth-order valence-corrected chi connectivity index (χ4v) is 3.72. The van der Waals surface area contributed by atoms with Gasteiger partial charge in [-0.1, -0.05) is 18.7 Å². The number of ketones is 1. The van der Waals surface area contributed by atoms with Crippen LogP contribution in [0.1, 0.15) is 23.6 Å². The molecule has 1 aliphatic heterocycles. The predicted molar refractivity (Wildman–Crippen MR) is 122 cm³/mol. The van der Waals surface area contributed by atoms with Crippen molar-refractivity contribution in [3.05, 3.63) is 71.8 Å². The van der Waals surface area contributed by atoms with E-state index in [-0.39, 0.29) is 29.4 Å². The summed E-state index contributed by atoms with van der Waals surface area (Å²) in [6.45, 7) is 4.58. The molecule has 1 fully saturated rings. The summed E-state index contributed by atoms with van der Waals surface area (Å²) in [6.07, 6.45) is 2.12. The lowest BCUT2D eigenvalue weighted by atomic mass is 9.95. The molecule has 174 valence electrons. The van der Waals surface area contributed by atoms with Crippen LogP contribution < -0.4 is 9.47 Å². The zero-order chi connectivity index (χ0) is 24.0. The smallest absolute Gasteiger partial charge is 0.295 e. The number of ether oxygens (including phenoxy) is 3. The number of aliphatic hydroxyl groups is 1. The monoisotopic (exact) mass is 453 g/mol. The summed E-state index contributed by atoms with van der Waals surface area (Å²) in [6, 6.07) is 10.3. The molecule has 33 heavy (non-hydrogen) atoms. The third-order valence-corrected chi connectivity index (χ3v) is 5.30. The number of phenols is 1. The Kier molecular flexibility index (Phi) is 7.74. The molecule has 0 aromatic heterocycles. The zero-order valence-electron chi connectivity index (χ0n) is 18.6. The van der Waals surface area contributed by atoms with E-state index in [1.165, 1.54) is 18.1 Å². The number of carbonyl (C=O) groups excluding carboxylic acids is 2. The number of methoxy groups -OCH3 is 2. The Morgan fingerprint density at radius 3 is 2.52 bits per heavy atom. The Hall–Kier alpha value is -3.78. The maximum atomic E-state index is 13.0. The quantitative estimate of drug-likeness (QED) is 0.187. The van der Waals surface area contributed by atoms with Crippen molar-refractivity contribution < 1.29 is 34.0 Å². The molecule has 0 radical (unpaired) electrons. The number of aromatic hydroxyl groups is 1. The highest BCUT2D eigenvalue weighted by Crippen LogP contribution is 2.41. The molecule has 8 nitrogen and oxygen atoms in total. The predicted octanol–water partition coefficient (Wildman–Crippen LogP) is 3.42. The molecular weight excluding hydrogens is 426 g/mol. The third-order valence-electron chi connectivity index (χ3n) is 5.30. The Morgan fingerprint density at radius 2 is 1.88 bits per heavy atom. The number of hydrogen-bond donors (Lipinski definition) is 2. The van der Waals surface area contributed by atoms with Crippen molar-refractivity contribution in [3.63, 3.8) is 0 Å². The molecule has 0 unspecified atom stereocenters. The summed E-state index contributed by atoms with van der Waals surface area (Å²) < 4.78 is 15.7. The highest BCUT2D eigenvalue weighted by molar-refractivity contribution is 6.46. The van der Waals surface area contributed by atoms with Crippen molar-refractivity contribution in [1.82, 2.24) is 4.90 Å². The number of hydrogen-bond acceptors (Lipinski definition) is 7. The van der Waals surface area contributed by atoms with E-state index in [4.69, 9.17) is 14.2 Å². The van der Waals surface area contributed by atoms with Gasteiger partial charge >= 0.3 is 0 Å². The first kappa shape index (κ1) is 23.9. The lowest BCUT2D eigenvalue weighted by Gasteiger charge is -2.25. The lowest BCUT2D eigenvalue weighted by Crippen LogP contribution is -2.31. The summed E-state index contributed by atoms with van der Waals surface area (Å²) >= 11 is 0. The van der Waals surface area contributed by atoms with E-state index in [1.54, 1.807) is 49.6 Å². The van der Waals surface area contributed by atoms with Crippen molar-refractivity contribution in [1.29, 1.82) is 0 Å². The molecule has 1 atom stereocenters. The number of amides is 1. The summed E-state index contributed by atoms with van der Waals surface area (Å²) in [5.74, 6) is -1.10. The van der Waals surface area contributed by atoms with Crippen LogP contribution in [0.4, 0.5) is 0 Å². The number of rotatable bonds is 10. The molecule has 2 aromatic carbocycles. The van der Waals surface area contributed by atoms with Gasteiger partial charge in [-0.05, 0) is 48.4 Å². The Morgan fingerprint density at radius 1 is 1.15 bits per heavy atom. The van der Waals surface area contributed by atoms with Gasteiger partial charge in [0.25, 0.3) is 11.7 Å². The SMILES string of the molecule is C=CCOc1ccc(/C(O)=C2/C(=O)C(=O)N(CCCOC)[C@@H]2c2ccc(O)c(OC)c2)cc1. The van der Waals surface area contributed by atoms with E-state index in [0.717, 1.165) is 0 Å². The molecule has 0 bridgehead atoms. The summed E-state index contributed by atoms with van der Waals surface area (Å²) in [5.41, 5.74) is 0.852. The first-order chi connectivity index (χ1) is 15.9. The second kappa shape index (κ2) is 10.7. The van der Waals surface area contributed by atoms with Gasteiger partial charge in [-0.25, -0.2) is 0 Å². The van der Waals surface area contributed by atoms with E-state index in [9.17, 15) is 19.8 Å². The van der Waals surface area contributed by atoms with Gasteiger partial charge in [0.05, 0.1) is 18.7 Å². The first-order valence-corrected chi connectivity index (χ1v) is 10.4. The van der Waals surface area contributed by atoms with Crippen molar-refractivity contribution in [3.8, 4) is 17.2 Å². The molecule has 3 rings (SSSR count). The molecule has 1 aliphatic rings. The molecule has 8 heteroatoms. The number of carbonyl (C=O) groups is 2. The third kappa shape index (κ3) is 5.01. The normalized spacial score (nSPS) is 17.3. The van der Waals surface area contributed by atoms with E-state index in [1.807, 2.05) is 0 Å². The minimum absolute atomic E-state index is 0.0371. The fourth-order valence-electron chi connectivity index (χ4n) is 3.72. The van der Waals surface area contributed by atoms with Gasteiger partial charge < -0.3 is 29.3 Å². The molecule has 2 aromatic rings. The molecule has 1 heterocycles. The van der Waals surface area contributed by atoms with Gasteiger partial charge in [-0.3, -0.25) is 9.59 Å². The molecule has 2 N–H and O–H groups in total. The Labute approximate surface area is 192 Å². The van der Waals surface area contributed by atoms with E-state index in [0.29, 0.717) is 36.5 Å². The minimum Gasteiger partial charge on any atom is -0.507 e. The van der Waals surface area contributed by atoms with Crippen LogP contribution in [-0.2, 0) is 14.3 Å². The molecule has 0 spiro atoms. The van der Waals surface area contributed by atoms with Gasteiger partial charge in [-0.15, -0.1) is 0 Å². The van der Waals surface area contributed by atoms with Gasteiger partial charge in [0.1, 0.15) is 18.1 Å². The number of Topliss-reactive ketones (excluding diaryl/α,β-unsaturated/α-hetero) is 1. The van der Waals surface area contributed by atoms with Crippen molar-refractivity contribution in [2.75, 3.05) is 34.0 Å². The molecule has 1 saturated heterocycles. The van der Waals surface area contributed by atoms with Crippen LogP contribution >= 0.6 is 0 Å². The van der Waals surface area contributed by atoms with Gasteiger partial charge in [0.15, 0.2) is 11.5 Å². The number of aliphatic hydroxyl groups excluding tert-OH is 1. The Balaban J connectivity index is 2.08. The van der Waals surface area contributed by atoms with E-state index < -0.39 is 17.7 Å². The standard InChI is InChI=1S/C25H27NO7/c1-4-13-33-18-9-6-16(7-10-18)23(28)21-22(17-8-11-19(27)20(15-17)32-3)26(12-5-14-31-2)25(30)24(21)29/h4,6-11,15,22,27-28H,1,5,12-14H2,2-3H3/b23-21-/t22-/m1/s1. The van der Waals surface area contributed by atoms with Crippen molar-refractivity contribution >= 4 is 17.4 Å². The Bertz CT molecular complexity index is 1060. The molecule has 0 saturated carbocycles. The average molecular weight is 453 g/mol. The van der Waals surface area contributed by atoms with Crippen molar-refractivity contribution in [2.24, 2.45) is 0 Å². The molecule has 1 amide bonds.